The van der Waals surface area contributed by atoms with Gasteiger partial charge in [0.2, 0.25) is 0 Å². The Balaban J connectivity index is 1.67. The fourth-order valence-electron chi connectivity index (χ4n) is 5.14. The van der Waals surface area contributed by atoms with Crippen LogP contribution in [-0.2, 0) is 17.8 Å². The van der Waals surface area contributed by atoms with Crippen molar-refractivity contribution in [2.75, 3.05) is 23.8 Å². The number of aryl methyl sites for hydroxylation is 2. The van der Waals surface area contributed by atoms with E-state index in [1.54, 1.807) is 5.01 Å². The average molecular weight is 501 g/mol. The van der Waals surface area contributed by atoms with Gasteiger partial charge in [-0.2, -0.15) is 0 Å². The molecule has 0 saturated carbocycles. The van der Waals surface area contributed by atoms with Gasteiger partial charge in [0.1, 0.15) is 0 Å². The van der Waals surface area contributed by atoms with Crippen LogP contribution in [0.2, 0.25) is 0 Å². The highest BCUT2D eigenvalue weighted by Crippen LogP contribution is 2.37. The fraction of sp³-hybridized carbons (Fsp3) is 0.333. The Morgan fingerprint density at radius 3 is 2.46 bits per heavy atom. The summed E-state index contributed by atoms with van der Waals surface area (Å²) in [4.78, 5) is 27.0. The van der Waals surface area contributed by atoms with Crippen molar-refractivity contribution in [1.82, 2.24) is 4.90 Å². The lowest BCUT2D eigenvalue weighted by Gasteiger charge is -2.30. The van der Waals surface area contributed by atoms with Crippen molar-refractivity contribution >= 4 is 23.3 Å². The second-order valence-corrected chi connectivity index (χ2v) is 9.95. The molecule has 0 fully saturated rings. The third kappa shape index (κ3) is 5.32. The molecule has 0 bridgehead atoms. The molecule has 7 heteroatoms. The molecule has 0 radical (unpaired) electrons. The maximum absolute atomic E-state index is 13.3. The van der Waals surface area contributed by atoms with Crippen molar-refractivity contribution < 1.29 is 14.7 Å². The van der Waals surface area contributed by atoms with Crippen molar-refractivity contribution in [3.8, 4) is 0 Å². The van der Waals surface area contributed by atoms with Crippen molar-refractivity contribution in [3.63, 3.8) is 0 Å². The van der Waals surface area contributed by atoms with E-state index in [-0.39, 0.29) is 18.2 Å². The zero-order valence-corrected chi connectivity index (χ0v) is 22.0. The van der Waals surface area contributed by atoms with Crippen LogP contribution in [0.1, 0.15) is 68.6 Å². The van der Waals surface area contributed by atoms with Crippen LogP contribution in [0.5, 0.6) is 0 Å². The molecule has 4 rings (SSSR count). The second-order valence-electron chi connectivity index (χ2n) is 9.95. The quantitative estimate of drug-likeness (QED) is 0.246. The highest BCUT2D eigenvalue weighted by Gasteiger charge is 2.26. The lowest BCUT2D eigenvalue weighted by molar-refractivity contribution is -0.137. The minimum absolute atomic E-state index is 0.0164. The van der Waals surface area contributed by atoms with E-state index in [1.165, 1.54) is 5.56 Å². The summed E-state index contributed by atoms with van der Waals surface area (Å²) >= 11 is 0. The number of fused-ring (bicyclic) bond motifs is 1. The van der Waals surface area contributed by atoms with Gasteiger partial charge in [-0.05, 0) is 91.3 Å². The number of carbonyl (C=O) groups excluding carboxylic acids is 1. The monoisotopic (exact) mass is 500 g/mol. The maximum Gasteiger partial charge on any atom is 0.304 e. The Kier molecular flexibility index (Phi) is 7.55. The molecule has 1 unspecified atom stereocenters. The molecule has 3 aromatic rings. The summed E-state index contributed by atoms with van der Waals surface area (Å²) in [5.41, 5.74) is 15.5. The molecular weight excluding hydrogens is 464 g/mol. The van der Waals surface area contributed by atoms with Gasteiger partial charge < -0.3 is 20.7 Å². The minimum atomic E-state index is -0.884. The molecule has 1 aliphatic heterocycles. The number of nitrogen functional groups attached to an aromatic ring is 1. The van der Waals surface area contributed by atoms with Gasteiger partial charge in [-0.1, -0.05) is 30.3 Å². The number of nitrogens with two attached hydrogens (primary N) is 2. The molecule has 0 spiro atoms. The van der Waals surface area contributed by atoms with Crippen LogP contribution in [0.15, 0.2) is 48.5 Å². The summed E-state index contributed by atoms with van der Waals surface area (Å²) in [6, 6.07) is 15.8. The summed E-state index contributed by atoms with van der Waals surface area (Å²) in [6.45, 7) is 9.65. The van der Waals surface area contributed by atoms with E-state index in [9.17, 15) is 14.7 Å². The van der Waals surface area contributed by atoms with E-state index in [0.29, 0.717) is 30.9 Å². The molecular formula is C30H36N4O3. The van der Waals surface area contributed by atoms with E-state index in [2.05, 4.69) is 12.1 Å². The number of nitrogens with zero attached hydrogens (tertiary/aromatic N) is 2. The third-order valence-corrected chi connectivity index (χ3v) is 7.62. The smallest absolute Gasteiger partial charge is 0.304 e. The van der Waals surface area contributed by atoms with Crippen LogP contribution in [-0.4, -0.2) is 35.0 Å². The molecule has 0 saturated heterocycles. The van der Waals surface area contributed by atoms with Crippen LogP contribution >= 0.6 is 0 Å². The highest BCUT2D eigenvalue weighted by atomic mass is 16.4. The van der Waals surface area contributed by atoms with Gasteiger partial charge in [0.25, 0.3) is 5.91 Å². The number of amides is 1. The van der Waals surface area contributed by atoms with Gasteiger partial charge in [-0.3, -0.25) is 9.59 Å². The zero-order valence-electron chi connectivity index (χ0n) is 22.0. The summed E-state index contributed by atoms with van der Waals surface area (Å²) in [5, 5.41) is 11.3. The van der Waals surface area contributed by atoms with Crippen LogP contribution in [0.4, 0.5) is 11.4 Å². The summed E-state index contributed by atoms with van der Waals surface area (Å²) in [5.74, 6) is 4.84. The topological polar surface area (TPSA) is 113 Å². The van der Waals surface area contributed by atoms with Gasteiger partial charge >= 0.3 is 5.97 Å². The number of rotatable bonds is 7. The average Bonchev–Trinajstić information content (AvgIpc) is 2.89. The Labute approximate surface area is 218 Å². The Hall–Kier alpha value is -3.84. The number of anilines is 2. The third-order valence-electron chi connectivity index (χ3n) is 7.62. The number of benzene rings is 3. The van der Waals surface area contributed by atoms with Gasteiger partial charge in [0.15, 0.2) is 0 Å². The molecule has 37 heavy (non-hydrogen) atoms. The number of carboxylic acid groups (broad SMARTS) is 1. The normalized spacial score (nSPS) is 13.7. The molecule has 3 aromatic carbocycles. The lowest BCUT2D eigenvalue weighted by Crippen LogP contribution is -2.36. The van der Waals surface area contributed by atoms with Crippen molar-refractivity contribution in [1.29, 1.82) is 0 Å². The number of carboxylic acids is 1. The number of hydrogen-bond acceptors (Lipinski definition) is 5. The predicted octanol–water partition coefficient (Wildman–Crippen LogP) is 4.70. The summed E-state index contributed by atoms with van der Waals surface area (Å²) in [6.07, 6.45) is 0.698. The predicted molar refractivity (Wildman–Crippen MR) is 148 cm³/mol. The lowest BCUT2D eigenvalue weighted by atomic mass is 9.83. The Morgan fingerprint density at radius 1 is 1.03 bits per heavy atom. The van der Waals surface area contributed by atoms with Crippen LogP contribution in [0.3, 0.4) is 0 Å². The first-order valence-electron chi connectivity index (χ1n) is 12.7. The SMILES string of the molecule is CCN(N)c1ccc(C(CC(=O)O)c2ccc3c(c2)CN(C(=O)c2ccc(C)c(C)c2)CC3)c(C)c1N. The van der Waals surface area contributed by atoms with Gasteiger partial charge in [0, 0.05) is 31.1 Å². The standard InChI is InChI=1S/C30H36N4O3/c1-5-34(32)27-11-10-25(20(4)29(27)31)26(16-28(35)36)22-9-8-21-12-13-33(17-24(21)15-22)30(37)23-7-6-18(2)19(3)14-23/h6-11,14-15,26H,5,12-13,16-17,31-32H2,1-4H3,(H,35,36). The maximum atomic E-state index is 13.3. The van der Waals surface area contributed by atoms with E-state index < -0.39 is 5.97 Å². The van der Waals surface area contributed by atoms with E-state index in [1.807, 2.05) is 69.0 Å². The first kappa shape index (κ1) is 26.2. The van der Waals surface area contributed by atoms with Gasteiger partial charge in [-0.15, -0.1) is 0 Å². The second kappa shape index (κ2) is 10.6. The van der Waals surface area contributed by atoms with E-state index in [0.717, 1.165) is 45.5 Å². The molecule has 1 atom stereocenters. The van der Waals surface area contributed by atoms with Crippen LogP contribution < -0.4 is 16.6 Å². The molecule has 7 nitrogen and oxygen atoms in total. The number of hydrazine groups is 1. The number of aliphatic carboxylic acids is 1. The number of carbonyl (C=O) groups is 2. The summed E-state index contributed by atoms with van der Waals surface area (Å²) in [7, 11) is 0. The first-order chi connectivity index (χ1) is 17.6. The van der Waals surface area contributed by atoms with Crippen molar-refractivity contribution in [2.24, 2.45) is 5.84 Å². The molecule has 194 valence electrons. The molecule has 5 N–H and O–H groups in total. The zero-order chi connectivity index (χ0) is 26.9. The fourth-order valence-corrected chi connectivity index (χ4v) is 5.14. The molecule has 1 amide bonds. The highest BCUT2D eigenvalue weighted by molar-refractivity contribution is 5.94. The number of hydrogen-bond donors (Lipinski definition) is 3. The van der Waals surface area contributed by atoms with Gasteiger partial charge in [0.05, 0.1) is 17.8 Å². The van der Waals surface area contributed by atoms with Gasteiger partial charge in [-0.25, -0.2) is 5.84 Å². The molecule has 1 heterocycles. The minimum Gasteiger partial charge on any atom is -0.481 e. The van der Waals surface area contributed by atoms with Crippen LogP contribution in [0.25, 0.3) is 0 Å². The molecule has 0 aromatic heterocycles. The van der Waals surface area contributed by atoms with Crippen LogP contribution in [0, 0.1) is 20.8 Å². The first-order valence-corrected chi connectivity index (χ1v) is 12.7. The Morgan fingerprint density at radius 2 is 1.78 bits per heavy atom. The Bertz CT molecular complexity index is 1350. The largest absolute Gasteiger partial charge is 0.481 e. The van der Waals surface area contributed by atoms with Crippen molar-refractivity contribution in [2.45, 2.75) is 53.0 Å². The van der Waals surface area contributed by atoms with E-state index in [4.69, 9.17) is 11.6 Å². The molecule has 1 aliphatic rings. The van der Waals surface area contributed by atoms with E-state index >= 15 is 0 Å². The molecule has 0 aliphatic carbocycles. The van der Waals surface area contributed by atoms with Crippen molar-refractivity contribution in [3.05, 3.63) is 93.0 Å². The summed E-state index contributed by atoms with van der Waals surface area (Å²) < 4.78 is 0.